The van der Waals surface area contributed by atoms with E-state index in [2.05, 4.69) is 36.8 Å². The van der Waals surface area contributed by atoms with Crippen molar-refractivity contribution >= 4 is 16.7 Å². The topological polar surface area (TPSA) is 58.9 Å². The first kappa shape index (κ1) is 16.9. The number of rotatable bonds is 4. The number of nitrogens with zero attached hydrogens (tertiary/aromatic N) is 5. The van der Waals surface area contributed by atoms with Gasteiger partial charge < -0.3 is 9.88 Å². The Labute approximate surface area is 152 Å². The fraction of sp³-hybridized carbons (Fsp3) is 0.421. The van der Waals surface area contributed by atoms with E-state index in [0.29, 0.717) is 23.2 Å². The molecule has 0 aliphatic carbocycles. The molecule has 1 N–H and O–H groups in total. The molecule has 0 unspecified atom stereocenters. The summed E-state index contributed by atoms with van der Waals surface area (Å²) in [6.07, 6.45) is 7.62. The van der Waals surface area contributed by atoms with E-state index in [-0.39, 0.29) is 5.82 Å². The molecule has 0 bridgehead atoms. The van der Waals surface area contributed by atoms with Crippen molar-refractivity contribution in [3.05, 3.63) is 48.6 Å². The largest absolute Gasteiger partial charge is 0.369 e. The first-order valence-corrected chi connectivity index (χ1v) is 8.94. The maximum Gasteiger partial charge on any atom is 0.137 e. The van der Waals surface area contributed by atoms with Gasteiger partial charge in [0.2, 0.25) is 0 Å². The molecule has 2 atom stereocenters. The zero-order valence-corrected chi connectivity index (χ0v) is 15.1. The number of hydrogen-bond donors (Lipinski definition) is 1. The van der Waals surface area contributed by atoms with E-state index >= 15 is 0 Å². The van der Waals surface area contributed by atoms with Gasteiger partial charge in [-0.1, -0.05) is 0 Å². The van der Waals surface area contributed by atoms with Gasteiger partial charge in [-0.3, -0.25) is 4.90 Å². The Hall–Kier alpha value is -2.54. The minimum atomic E-state index is -0.277. The van der Waals surface area contributed by atoms with Crippen LogP contribution in [0.5, 0.6) is 0 Å². The predicted octanol–water partition coefficient (Wildman–Crippen LogP) is 3.00. The third-order valence-corrected chi connectivity index (χ3v) is 5.29. The first-order chi connectivity index (χ1) is 12.6. The number of anilines is 1. The zero-order chi connectivity index (χ0) is 18.1. The molecule has 6 nitrogen and oxygen atoms in total. The Balaban J connectivity index is 1.58. The van der Waals surface area contributed by atoms with Crippen molar-refractivity contribution < 1.29 is 4.39 Å². The number of fused-ring (bicyclic) bond motifs is 1. The Kier molecular flexibility index (Phi) is 4.55. The molecule has 1 aliphatic heterocycles. The fourth-order valence-electron chi connectivity index (χ4n) is 3.99. The lowest BCUT2D eigenvalue weighted by Crippen LogP contribution is -2.39. The average Bonchev–Trinajstić information content (AvgIpc) is 3.05. The van der Waals surface area contributed by atoms with Crippen LogP contribution in [-0.2, 0) is 7.05 Å². The summed E-state index contributed by atoms with van der Waals surface area (Å²) in [5.41, 5.74) is 1.96. The molecule has 3 heterocycles. The number of hydrogen-bond acceptors (Lipinski definition) is 5. The van der Waals surface area contributed by atoms with Crippen LogP contribution in [0.15, 0.2) is 37.1 Å². The molecule has 0 radical (unpaired) electrons. The van der Waals surface area contributed by atoms with E-state index in [9.17, 15) is 4.39 Å². The van der Waals surface area contributed by atoms with Gasteiger partial charge in [0.05, 0.1) is 23.6 Å². The second kappa shape index (κ2) is 6.99. The summed E-state index contributed by atoms with van der Waals surface area (Å²) in [5, 5.41) is 4.16. The van der Waals surface area contributed by atoms with E-state index in [0.717, 1.165) is 31.4 Å². The van der Waals surface area contributed by atoms with Crippen molar-refractivity contribution in [1.82, 2.24) is 24.4 Å². The molecule has 0 amide bonds. The number of imidazole rings is 1. The van der Waals surface area contributed by atoms with Gasteiger partial charge in [0, 0.05) is 25.2 Å². The summed E-state index contributed by atoms with van der Waals surface area (Å²) in [6.45, 7) is 1.84. The second-order valence-corrected chi connectivity index (χ2v) is 7.02. The van der Waals surface area contributed by atoms with Crippen LogP contribution in [0.1, 0.15) is 24.6 Å². The highest BCUT2D eigenvalue weighted by Crippen LogP contribution is 2.35. The molecule has 2 aromatic heterocycles. The SMILES string of the molecule is CN1CCC[C@@H](CNc2ncnc3ccc(F)cc23)[C@@H]1c1cncn1C. The summed E-state index contributed by atoms with van der Waals surface area (Å²) >= 11 is 0. The summed E-state index contributed by atoms with van der Waals surface area (Å²) in [6, 6.07) is 4.90. The molecule has 3 aromatic rings. The molecule has 0 spiro atoms. The molecule has 0 saturated carbocycles. The van der Waals surface area contributed by atoms with Crippen LogP contribution in [0.3, 0.4) is 0 Å². The van der Waals surface area contributed by atoms with E-state index in [1.54, 1.807) is 6.07 Å². The van der Waals surface area contributed by atoms with Crippen LogP contribution in [0.2, 0.25) is 0 Å². The first-order valence-electron chi connectivity index (χ1n) is 8.94. The lowest BCUT2D eigenvalue weighted by molar-refractivity contribution is 0.122. The third kappa shape index (κ3) is 3.14. The molecule has 1 aliphatic rings. The quantitative estimate of drug-likeness (QED) is 0.780. The average molecular weight is 354 g/mol. The van der Waals surface area contributed by atoms with Crippen LogP contribution in [-0.4, -0.2) is 44.6 Å². The number of aryl methyl sites for hydroxylation is 1. The summed E-state index contributed by atoms with van der Waals surface area (Å²) in [4.78, 5) is 15.2. The minimum Gasteiger partial charge on any atom is -0.369 e. The van der Waals surface area contributed by atoms with Crippen LogP contribution >= 0.6 is 0 Å². The predicted molar refractivity (Wildman–Crippen MR) is 99.3 cm³/mol. The molecule has 1 saturated heterocycles. The normalized spacial score (nSPS) is 21.2. The second-order valence-electron chi connectivity index (χ2n) is 7.02. The molecular weight excluding hydrogens is 331 g/mol. The maximum atomic E-state index is 13.7. The van der Waals surface area contributed by atoms with E-state index in [4.69, 9.17) is 0 Å². The standard InChI is InChI=1S/C19H23FN6/c1-25-7-3-4-13(18(25)17-10-21-12-26(17)2)9-22-19-15-8-14(20)5-6-16(15)23-11-24-19/h5-6,8,10-13,18H,3-4,7,9H2,1-2H3,(H,22,23,24)/t13-,18+/m0/s1. The number of piperidine rings is 1. The van der Waals surface area contributed by atoms with Crippen molar-refractivity contribution in [3.8, 4) is 0 Å². The van der Waals surface area contributed by atoms with Crippen molar-refractivity contribution in [2.45, 2.75) is 18.9 Å². The third-order valence-electron chi connectivity index (χ3n) is 5.29. The van der Waals surface area contributed by atoms with E-state index in [1.807, 2.05) is 19.6 Å². The van der Waals surface area contributed by atoms with Crippen molar-refractivity contribution in [3.63, 3.8) is 0 Å². The smallest absolute Gasteiger partial charge is 0.137 e. The lowest BCUT2D eigenvalue weighted by atomic mass is 9.87. The van der Waals surface area contributed by atoms with E-state index < -0.39 is 0 Å². The monoisotopic (exact) mass is 354 g/mol. The summed E-state index contributed by atoms with van der Waals surface area (Å²) in [5.74, 6) is 0.828. The van der Waals surface area contributed by atoms with Gasteiger partial charge in [-0.15, -0.1) is 0 Å². The molecule has 4 rings (SSSR count). The summed E-state index contributed by atoms with van der Waals surface area (Å²) < 4.78 is 15.7. The van der Waals surface area contributed by atoms with Gasteiger partial charge in [-0.2, -0.15) is 0 Å². The highest BCUT2D eigenvalue weighted by Gasteiger charge is 2.32. The van der Waals surface area contributed by atoms with Gasteiger partial charge in [0.15, 0.2) is 0 Å². The van der Waals surface area contributed by atoms with Gasteiger partial charge in [-0.05, 0) is 50.6 Å². The lowest BCUT2D eigenvalue weighted by Gasteiger charge is -2.39. The highest BCUT2D eigenvalue weighted by molar-refractivity contribution is 5.88. The number of benzene rings is 1. The van der Waals surface area contributed by atoms with Crippen molar-refractivity contribution in [1.29, 1.82) is 0 Å². The Bertz CT molecular complexity index is 908. The number of likely N-dealkylation sites (tertiary alicyclic amines) is 1. The number of halogens is 1. The van der Waals surface area contributed by atoms with Gasteiger partial charge >= 0.3 is 0 Å². The molecule has 1 fully saturated rings. The molecule has 7 heteroatoms. The van der Waals surface area contributed by atoms with Crippen molar-refractivity contribution in [2.24, 2.45) is 13.0 Å². The minimum absolute atomic E-state index is 0.277. The number of aromatic nitrogens is 4. The van der Waals surface area contributed by atoms with Crippen LogP contribution in [0.25, 0.3) is 10.9 Å². The molecular formula is C19H23FN6. The Morgan fingerprint density at radius 1 is 1.27 bits per heavy atom. The molecule has 1 aromatic carbocycles. The highest BCUT2D eigenvalue weighted by atomic mass is 19.1. The van der Waals surface area contributed by atoms with Crippen LogP contribution in [0.4, 0.5) is 10.2 Å². The Morgan fingerprint density at radius 2 is 2.15 bits per heavy atom. The zero-order valence-electron chi connectivity index (χ0n) is 15.1. The Morgan fingerprint density at radius 3 is 2.96 bits per heavy atom. The van der Waals surface area contributed by atoms with Crippen molar-refractivity contribution in [2.75, 3.05) is 25.5 Å². The van der Waals surface area contributed by atoms with Gasteiger partial charge in [0.25, 0.3) is 0 Å². The van der Waals surface area contributed by atoms with Crippen LogP contribution < -0.4 is 5.32 Å². The maximum absolute atomic E-state index is 13.7. The fourth-order valence-corrected chi connectivity index (χ4v) is 3.99. The van der Waals surface area contributed by atoms with Gasteiger partial charge in [-0.25, -0.2) is 19.3 Å². The molecule has 26 heavy (non-hydrogen) atoms. The number of nitrogens with one attached hydrogen (secondary N) is 1. The van der Waals surface area contributed by atoms with Crippen LogP contribution in [0, 0.1) is 11.7 Å². The van der Waals surface area contributed by atoms with E-state index in [1.165, 1.54) is 24.2 Å². The summed E-state index contributed by atoms with van der Waals surface area (Å²) in [7, 11) is 4.20. The van der Waals surface area contributed by atoms with Gasteiger partial charge in [0.1, 0.15) is 18.0 Å². The molecule has 136 valence electrons.